The van der Waals surface area contributed by atoms with Crippen LogP contribution in [0, 0.1) is 0 Å². The molecule has 0 radical (unpaired) electrons. The molecule has 1 aromatic carbocycles. The number of hydrogen-bond donors (Lipinski definition) is 1. The summed E-state index contributed by atoms with van der Waals surface area (Å²) in [5, 5.41) is 9.40. The Labute approximate surface area is 116 Å². The fraction of sp³-hybridized carbons (Fsp3) is 0.0714. The highest BCUT2D eigenvalue weighted by atomic mass is 19.4. The van der Waals surface area contributed by atoms with Crippen LogP contribution in [-0.2, 0) is 4.79 Å². The molecule has 0 atom stereocenters. The molecule has 3 aromatic rings. The zero-order chi connectivity index (χ0) is 15.5. The highest BCUT2D eigenvalue weighted by Gasteiger charge is 2.38. The van der Waals surface area contributed by atoms with Gasteiger partial charge in [0.05, 0.1) is 11.0 Å². The first-order valence-corrected chi connectivity index (χ1v) is 5.78. The van der Waals surface area contributed by atoms with E-state index in [9.17, 15) is 13.2 Å². The predicted molar refractivity (Wildman–Crippen MR) is 70.7 cm³/mol. The average Bonchev–Trinajstić information content (AvgIpc) is 2.47. The van der Waals surface area contributed by atoms with Crippen molar-refractivity contribution in [2.45, 2.75) is 6.18 Å². The van der Waals surface area contributed by atoms with Gasteiger partial charge in [-0.15, -0.1) is 0 Å². The van der Waals surface area contributed by atoms with E-state index in [2.05, 4.69) is 28.2 Å². The van der Waals surface area contributed by atoms with Gasteiger partial charge in [0.25, 0.3) is 0 Å². The number of aromatic nitrogens is 2. The molecule has 0 amide bonds. The van der Waals surface area contributed by atoms with Gasteiger partial charge in [-0.05, 0) is 24.3 Å². The number of benzene rings is 1. The van der Waals surface area contributed by atoms with E-state index in [0.29, 0.717) is 0 Å². The summed E-state index contributed by atoms with van der Waals surface area (Å²) in [5.41, 5.74) is 2.02. The van der Waals surface area contributed by atoms with Gasteiger partial charge in [-0.2, -0.15) is 13.2 Å². The third kappa shape index (κ3) is 3.44. The van der Waals surface area contributed by atoms with Gasteiger partial charge in [-0.3, -0.25) is 9.97 Å². The van der Waals surface area contributed by atoms with Crippen LogP contribution in [0.5, 0.6) is 0 Å². The van der Waals surface area contributed by atoms with Crippen molar-refractivity contribution in [3.05, 3.63) is 48.8 Å². The van der Waals surface area contributed by atoms with Crippen LogP contribution in [0.1, 0.15) is 0 Å². The lowest BCUT2D eigenvalue weighted by Crippen LogP contribution is -2.21. The normalized spacial score (nSPS) is 11.0. The largest absolute Gasteiger partial charge is 0.490 e. The topological polar surface area (TPSA) is 63.1 Å². The second kappa shape index (κ2) is 5.74. The van der Waals surface area contributed by atoms with Gasteiger partial charge in [-0.1, -0.05) is 12.1 Å². The van der Waals surface area contributed by atoms with Gasteiger partial charge in [-0.25, -0.2) is 4.79 Å². The number of aliphatic carboxylic acids is 1. The molecule has 2 heterocycles. The highest BCUT2D eigenvalue weighted by molar-refractivity contribution is 6.03. The molecular weight excluding hydrogens is 285 g/mol. The number of pyridine rings is 2. The van der Waals surface area contributed by atoms with E-state index in [1.54, 1.807) is 6.20 Å². The van der Waals surface area contributed by atoms with Crippen LogP contribution in [0.15, 0.2) is 48.8 Å². The van der Waals surface area contributed by atoms with Crippen molar-refractivity contribution in [2.75, 3.05) is 0 Å². The standard InChI is InChI=1S/C12H8N2.C2HF3O2/c1-3-9-5-6-11-10(4-2-7-13-11)12(9)14-8-1;3-2(4,5)1(6)7/h1-8H;(H,6,7). The summed E-state index contributed by atoms with van der Waals surface area (Å²) in [4.78, 5) is 17.6. The average molecular weight is 294 g/mol. The maximum absolute atomic E-state index is 10.6. The minimum absolute atomic E-state index is 0.999. The Hall–Kier alpha value is -2.70. The van der Waals surface area contributed by atoms with Crippen LogP contribution in [0.4, 0.5) is 13.2 Å². The molecule has 0 saturated carbocycles. The molecule has 21 heavy (non-hydrogen) atoms. The quantitative estimate of drug-likeness (QED) is 0.645. The number of carboxylic acids is 1. The Morgan fingerprint density at radius 3 is 2.29 bits per heavy atom. The second-order valence-corrected chi connectivity index (χ2v) is 4.01. The minimum atomic E-state index is -5.08. The van der Waals surface area contributed by atoms with Gasteiger partial charge >= 0.3 is 12.1 Å². The number of carbonyl (C=O) groups is 1. The van der Waals surface area contributed by atoms with Crippen molar-refractivity contribution >= 4 is 27.8 Å². The summed E-state index contributed by atoms with van der Waals surface area (Å²) >= 11 is 0. The molecule has 0 spiro atoms. The van der Waals surface area contributed by atoms with Crippen molar-refractivity contribution in [3.8, 4) is 0 Å². The minimum Gasteiger partial charge on any atom is -0.475 e. The van der Waals surface area contributed by atoms with E-state index in [0.717, 1.165) is 21.8 Å². The summed E-state index contributed by atoms with van der Waals surface area (Å²) in [6, 6.07) is 12.1. The van der Waals surface area contributed by atoms with Gasteiger partial charge in [0.2, 0.25) is 0 Å². The number of alkyl halides is 3. The number of hydrogen-bond acceptors (Lipinski definition) is 3. The lowest BCUT2D eigenvalue weighted by Gasteiger charge is -2.00. The molecule has 1 N–H and O–H groups in total. The molecule has 0 aliphatic carbocycles. The Bertz CT molecular complexity index is 733. The fourth-order valence-electron chi connectivity index (χ4n) is 1.70. The van der Waals surface area contributed by atoms with Crippen molar-refractivity contribution in [2.24, 2.45) is 0 Å². The third-order valence-electron chi connectivity index (χ3n) is 2.60. The molecule has 7 heteroatoms. The molecule has 0 bridgehead atoms. The zero-order valence-electron chi connectivity index (χ0n) is 10.5. The SMILES string of the molecule is O=C(O)C(F)(F)F.c1cnc2c(c1)ccc1ncccc12. The molecule has 0 saturated heterocycles. The number of carboxylic acid groups (broad SMARTS) is 1. The van der Waals surface area contributed by atoms with Crippen molar-refractivity contribution in [3.63, 3.8) is 0 Å². The molecule has 2 aromatic heterocycles. The molecule has 4 nitrogen and oxygen atoms in total. The maximum Gasteiger partial charge on any atom is 0.490 e. The zero-order valence-corrected chi connectivity index (χ0v) is 10.5. The van der Waals surface area contributed by atoms with Gasteiger partial charge < -0.3 is 5.11 Å². The lowest BCUT2D eigenvalue weighted by molar-refractivity contribution is -0.192. The van der Waals surface area contributed by atoms with Gasteiger partial charge in [0.15, 0.2) is 0 Å². The molecule has 108 valence electrons. The number of rotatable bonds is 0. The van der Waals surface area contributed by atoms with Crippen molar-refractivity contribution in [1.29, 1.82) is 0 Å². The van der Waals surface area contributed by atoms with E-state index in [1.165, 1.54) is 0 Å². The maximum atomic E-state index is 10.6. The van der Waals surface area contributed by atoms with Gasteiger partial charge in [0, 0.05) is 23.2 Å². The number of nitrogens with zero attached hydrogens (tertiary/aromatic N) is 2. The first-order valence-electron chi connectivity index (χ1n) is 5.78. The van der Waals surface area contributed by atoms with Gasteiger partial charge in [0.1, 0.15) is 0 Å². The van der Waals surface area contributed by atoms with Crippen LogP contribution in [-0.4, -0.2) is 27.2 Å². The van der Waals surface area contributed by atoms with Crippen LogP contribution >= 0.6 is 0 Å². The van der Waals surface area contributed by atoms with E-state index < -0.39 is 12.1 Å². The molecule has 3 rings (SSSR count). The van der Waals surface area contributed by atoms with E-state index in [4.69, 9.17) is 9.90 Å². The second-order valence-electron chi connectivity index (χ2n) is 4.01. The highest BCUT2D eigenvalue weighted by Crippen LogP contribution is 2.20. The van der Waals surface area contributed by atoms with Crippen LogP contribution in [0.2, 0.25) is 0 Å². The van der Waals surface area contributed by atoms with Crippen molar-refractivity contribution < 1.29 is 23.1 Å². The number of halogens is 3. The van der Waals surface area contributed by atoms with E-state index >= 15 is 0 Å². The summed E-state index contributed by atoms with van der Waals surface area (Å²) < 4.78 is 31.7. The van der Waals surface area contributed by atoms with E-state index in [-0.39, 0.29) is 0 Å². The predicted octanol–water partition coefficient (Wildman–Crippen LogP) is 3.42. The van der Waals surface area contributed by atoms with E-state index in [1.807, 2.05) is 24.4 Å². The summed E-state index contributed by atoms with van der Waals surface area (Å²) in [6.45, 7) is 0. The summed E-state index contributed by atoms with van der Waals surface area (Å²) in [7, 11) is 0. The number of fused-ring (bicyclic) bond motifs is 3. The Kier molecular flexibility index (Phi) is 4.02. The van der Waals surface area contributed by atoms with Crippen LogP contribution in [0.3, 0.4) is 0 Å². The first kappa shape index (κ1) is 14.7. The Balaban J connectivity index is 0.000000199. The Morgan fingerprint density at radius 2 is 1.62 bits per heavy atom. The molecule has 0 aliphatic rings. The molecule has 0 aliphatic heterocycles. The first-order chi connectivity index (χ1) is 9.89. The third-order valence-corrected chi connectivity index (χ3v) is 2.60. The molecule has 0 unspecified atom stereocenters. The fourth-order valence-corrected chi connectivity index (χ4v) is 1.70. The smallest absolute Gasteiger partial charge is 0.475 e. The summed E-state index contributed by atoms with van der Waals surface area (Å²) in [6.07, 6.45) is -1.47. The Morgan fingerprint density at radius 1 is 1.00 bits per heavy atom. The monoisotopic (exact) mass is 294 g/mol. The summed E-state index contributed by atoms with van der Waals surface area (Å²) in [5.74, 6) is -2.76. The van der Waals surface area contributed by atoms with Crippen LogP contribution in [0.25, 0.3) is 21.8 Å². The lowest BCUT2D eigenvalue weighted by atomic mass is 10.1. The van der Waals surface area contributed by atoms with Crippen molar-refractivity contribution in [1.82, 2.24) is 9.97 Å². The molecular formula is C14H9F3N2O2. The van der Waals surface area contributed by atoms with Crippen LogP contribution < -0.4 is 0 Å². The molecule has 0 fully saturated rings.